The van der Waals surface area contributed by atoms with E-state index in [1.807, 2.05) is 0 Å². The minimum Gasteiger partial charge on any atom is -0.502 e. The highest BCUT2D eigenvalue weighted by molar-refractivity contribution is 5.27. The minimum absolute atomic E-state index is 0.0361. The fourth-order valence-corrected chi connectivity index (χ4v) is 2.47. The van der Waals surface area contributed by atoms with Crippen LogP contribution in [-0.4, -0.2) is 13.7 Å². The quantitative estimate of drug-likeness (QED) is 0.783. The van der Waals surface area contributed by atoms with E-state index < -0.39 is 0 Å². The molecule has 0 spiro atoms. The molecule has 0 aliphatic carbocycles. The van der Waals surface area contributed by atoms with Crippen molar-refractivity contribution in [3.8, 4) is 0 Å². The Bertz CT molecular complexity index is 352. The van der Waals surface area contributed by atoms with E-state index >= 15 is 0 Å². The van der Waals surface area contributed by atoms with Gasteiger partial charge in [0.1, 0.15) is 0 Å². The number of ether oxygens (including phenoxy) is 1. The lowest BCUT2D eigenvalue weighted by atomic mass is 9.85. The zero-order chi connectivity index (χ0) is 11.4. The van der Waals surface area contributed by atoms with Crippen LogP contribution >= 0.6 is 0 Å². The van der Waals surface area contributed by atoms with Crippen molar-refractivity contribution in [2.75, 3.05) is 13.7 Å². The molecule has 1 saturated heterocycles. The molecule has 1 fully saturated rings. The lowest BCUT2D eigenvalue weighted by Gasteiger charge is -2.30. The van der Waals surface area contributed by atoms with Crippen molar-refractivity contribution in [2.24, 2.45) is 0 Å². The van der Waals surface area contributed by atoms with Gasteiger partial charge in [0.2, 0.25) is 0 Å². The van der Waals surface area contributed by atoms with Gasteiger partial charge in [-0.15, -0.1) is 0 Å². The van der Waals surface area contributed by atoms with Gasteiger partial charge >= 0.3 is 0 Å². The first-order valence-corrected chi connectivity index (χ1v) is 5.79. The first-order valence-electron chi connectivity index (χ1n) is 5.79. The van der Waals surface area contributed by atoms with Crippen LogP contribution in [0.2, 0.25) is 0 Å². The summed E-state index contributed by atoms with van der Waals surface area (Å²) in [6, 6.07) is 10.6. The topological polar surface area (TPSA) is 21.3 Å². The molecular weight excluding hydrogens is 198 g/mol. The molecule has 1 N–H and O–H groups in total. The summed E-state index contributed by atoms with van der Waals surface area (Å²) >= 11 is 0. The molecular formula is C14H19NO. The van der Waals surface area contributed by atoms with E-state index in [1.54, 1.807) is 7.11 Å². The van der Waals surface area contributed by atoms with Crippen molar-refractivity contribution >= 4 is 0 Å². The Morgan fingerprint density at radius 2 is 2.19 bits per heavy atom. The fourth-order valence-electron chi connectivity index (χ4n) is 2.47. The molecule has 0 amide bonds. The van der Waals surface area contributed by atoms with Gasteiger partial charge in [0.05, 0.1) is 18.4 Å². The first-order chi connectivity index (χ1) is 7.77. The molecule has 1 aromatic carbocycles. The highest BCUT2D eigenvalue weighted by atomic mass is 16.5. The summed E-state index contributed by atoms with van der Waals surface area (Å²) in [6.45, 7) is 5.02. The average Bonchev–Trinajstić information content (AvgIpc) is 2.80. The second-order valence-corrected chi connectivity index (χ2v) is 4.40. The lowest BCUT2D eigenvalue weighted by molar-refractivity contribution is 0.238. The molecule has 1 aliphatic rings. The molecule has 0 radical (unpaired) electrons. The number of nitrogens with one attached hydrogen (secondary N) is 1. The summed E-state index contributed by atoms with van der Waals surface area (Å²) < 4.78 is 5.22. The Hall–Kier alpha value is -1.28. The molecule has 2 heteroatoms. The summed E-state index contributed by atoms with van der Waals surface area (Å²) in [4.78, 5) is 0. The Morgan fingerprint density at radius 3 is 2.75 bits per heavy atom. The molecule has 2 nitrogen and oxygen atoms in total. The Morgan fingerprint density at radius 1 is 1.44 bits per heavy atom. The number of rotatable bonds is 4. The van der Waals surface area contributed by atoms with Crippen molar-refractivity contribution in [1.29, 1.82) is 0 Å². The number of benzene rings is 1. The average molecular weight is 217 g/mol. The predicted octanol–water partition coefficient (Wildman–Crippen LogP) is 2.82. The number of hydrogen-bond donors (Lipinski definition) is 1. The molecule has 0 aromatic heterocycles. The van der Waals surface area contributed by atoms with E-state index in [1.165, 1.54) is 12.0 Å². The van der Waals surface area contributed by atoms with Crippen LogP contribution in [-0.2, 0) is 10.3 Å². The maximum absolute atomic E-state index is 5.22. The summed E-state index contributed by atoms with van der Waals surface area (Å²) in [7, 11) is 1.69. The van der Waals surface area contributed by atoms with Crippen LogP contribution in [0.25, 0.3) is 0 Å². The van der Waals surface area contributed by atoms with Crippen LogP contribution in [0, 0.1) is 0 Å². The van der Waals surface area contributed by atoms with E-state index in [0.29, 0.717) is 0 Å². The smallest absolute Gasteiger partial charge is 0.0905 e. The van der Waals surface area contributed by atoms with E-state index in [9.17, 15) is 0 Å². The van der Waals surface area contributed by atoms with Crippen LogP contribution < -0.4 is 5.32 Å². The van der Waals surface area contributed by atoms with E-state index in [0.717, 1.165) is 25.1 Å². The standard InChI is InChI=1S/C14H19NO/c1-12(16-2)11-14(9-6-10-15-14)13-7-4-3-5-8-13/h3-5,7-8,15H,1,6,9-11H2,2H3/t14-/m0/s1. The van der Waals surface area contributed by atoms with Gasteiger partial charge < -0.3 is 10.1 Å². The van der Waals surface area contributed by atoms with Crippen molar-refractivity contribution in [3.63, 3.8) is 0 Å². The maximum atomic E-state index is 5.22. The zero-order valence-electron chi connectivity index (χ0n) is 9.83. The SMILES string of the molecule is C=C(C[C@]1(c2ccccc2)CCCN1)OC. The van der Waals surface area contributed by atoms with E-state index in [-0.39, 0.29) is 5.54 Å². The highest BCUT2D eigenvalue weighted by Crippen LogP contribution is 2.36. The minimum atomic E-state index is 0.0361. The van der Waals surface area contributed by atoms with Crippen molar-refractivity contribution in [1.82, 2.24) is 5.32 Å². The normalized spacial score (nSPS) is 24.3. The van der Waals surface area contributed by atoms with Crippen molar-refractivity contribution in [3.05, 3.63) is 48.2 Å². The highest BCUT2D eigenvalue weighted by Gasteiger charge is 2.35. The molecule has 16 heavy (non-hydrogen) atoms. The summed E-state index contributed by atoms with van der Waals surface area (Å²) in [5.74, 6) is 0.846. The third-order valence-corrected chi connectivity index (χ3v) is 3.36. The Labute approximate surface area is 97.3 Å². The number of methoxy groups -OCH3 is 1. The molecule has 2 rings (SSSR count). The molecule has 1 aliphatic heterocycles. The molecule has 0 bridgehead atoms. The number of hydrogen-bond acceptors (Lipinski definition) is 2. The monoisotopic (exact) mass is 217 g/mol. The lowest BCUT2D eigenvalue weighted by Crippen LogP contribution is -2.37. The van der Waals surface area contributed by atoms with Gasteiger partial charge in [0, 0.05) is 6.42 Å². The second kappa shape index (κ2) is 4.71. The molecule has 86 valence electrons. The van der Waals surface area contributed by atoms with Crippen molar-refractivity contribution < 1.29 is 4.74 Å². The molecule has 0 saturated carbocycles. The zero-order valence-corrected chi connectivity index (χ0v) is 9.83. The Balaban J connectivity index is 2.25. The maximum Gasteiger partial charge on any atom is 0.0905 e. The van der Waals surface area contributed by atoms with Crippen LogP contribution in [0.5, 0.6) is 0 Å². The Kier molecular flexibility index (Phi) is 3.30. The molecule has 1 heterocycles. The van der Waals surface area contributed by atoms with Crippen LogP contribution in [0.1, 0.15) is 24.8 Å². The van der Waals surface area contributed by atoms with Gasteiger partial charge in [-0.1, -0.05) is 36.9 Å². The van der Waals surface area contributed by atoms with Crippen LogP contribution in [0.4, 0.5) is 0 Å². The predicted molar refractivity (Wildman–Crippen MR) is 66.1 cm³/mol. The summed E-state index contributed by atoms with van der Waals surface area (Å²) in [5, 5.41) is 3.61. The van der Waals surface area contributed by atoms with Gasteiger partial charge in [0.15, 0.2) is 0 Å². The fraction of sp³-hybridized carbons (Fsp3) is 0.429. The third kappa shape index (κ3) is 2.12. The summed E-state index contributed by atoms with van der Waals surface area (Å²) in [5.41, 5.74) is 1.37. The largest absolute Gasteiger partial charge is 0.502 e. The first kappa shape index (κ1) is 11.2. The molecule has 1 atom stereocenters. The van der Waals surface area contributed by atoms with Crippen LogP contribution in [0.15, 0.2) is 42.7 Å². The van der Waals surface area contributed by atoms with Crippen molar-refractivity contribution in [2.45, 2.75) is 24.8 Å². The summed E-state index contributed by atoms with van der Waals surface area (Å²) in [6.07, 6.45) is 3.22. The van der Waals surface area contributed by atoms with Gasteiger partial charge in [0.25, 0.3) is 0 Å². The van der Waals surface area contributed by atoms with Gasteiger partial charge in [-0.3, -0.25) is 0 Å². The molecule has 0 unspecified atom stereocenters. The van der Waals surface area contributed by atoms with Crippen LogP contribution in [0.3, 0.4) is 0 Å². The van der Waals surface area contributed by atoms with Gasteiger partial charge in [-0.2, -0.15) is 0 Å². The molecule has 1 aromatic rings. The van der Waals surface area contributed by atoms with E-state index in [2.05, 4.69) is 42.2 Å². The second-order valence-electron chi connectivity index (χ2n) is 4.40. The van der Waals surface area contributed by atoms with E-state index in [4.69, 9.17) is 4.74 Å². The van der Waals surface area contributed by atoms with Gasteiger partial charge in [-0.05, 0) is 24.9 Å². The third-order valence-electron chi connectivity index (χ3n) is 3.36. The van der Waals surface area contributed by atoms with Gasteiger partial charge in [-0.25, -0.2) is 0 Å².